The van der Waals surface area contributed by atoms with E-state index in [1.807, 2.05) is 0 Å². The topological polar surface area (TPSA) is 122 Å². The zero-order valence-corrected chi connectivity index (χ0v) is 10.0. The van der Waals surface area contributed by atoms with Gasteiger partial charge in [0.2, 0.25) is 11.8 Å². The molecule has 0 radical (unpaired) electrons. The summed E-state index contributed by atoms with van der Waals surface area (Å²) >= 11 is 0. The molecule has 8 nitrogen and oxygen atoms in total. The summed E-state index contributed by atoms with van der Waals surface area (Å²) in [7, 11) is 1.29. The first-order valence-corrected chi connectivity index (χ1v) is 5.32. The van der Waals surface area contributed by atoms with E-state index in [1.165, 1.54) is 7.11 Å². The molecule has 0 saturated carbocycles. The van der Waals surface area contributed by atoms with Crippen molar-refractivity contribution in [3.8, 4) is 0 Å². The van der Waals surface area contributed by atoms with Crippen LogP contribution in [0, 0.1) is 0 Å². The third-order valence-corrected chi connectivity index (χ3v) is 1.95. The largest absolute Gasteiger partial charge is 0.469 e. The van der Waals surface area contributed by atoms with E-state index in [4.69, 9.17) is 5.11 Å². The van der Waals surface area contributed by atoms with Gasteiger partial charge in [0, 0.05) is 12.8 Å². The highest BCUT2D eigenvalue weighted by molar-refractivity contribution is 5.93. The zero-order valence-electron chi connectivity index (χ0n) is 10.0. The molecule has 0 fully saturated rings. The van der Waals surface area contributed by atoms with Gasteiger partial charge in [0.05, 0.1) is 13.7 Å². The monoisotopic (exact) mass is 260 g/mol. The Balaban J connectivity index is 3.57. The lowest BCUT2D eigenvalue weighted by Crippen LogP contribution is -2.39. The minimum Gasteiger partial charge on any atom is -0.469 e. The predicted molar refractivity (Wildman–Crippen MR) is 59.7 cm³/mol. The van der Waals surface area contributed by atoms with Crippen LogP contribution in [0.4, 0.5) is 4.79 Å². The fourth-order valence-electron chi connectivity index (χ4n) is 1.09. The molecule has 0 atom stereocenters. The van der Waals surface area contributed by atoms with Gasteiger partial charge in [-0.15, -0.1) is 0 Å². The van der Waals surface area contributed by atoms with Crippen LogP contribution in [-0.4, -0.2) is 42.6 Å². The number of esters is 1. The molecule has 0 aliphatic carbocycles. The number of carbonyl (C=O) groups excluding carboxylic acids is 3. The summed E-state index contributed by atoms with van der Waals surface area (Å²) in [5.41, 5.74) is 0. The number of ether oxygens (including phenoxy) is 1. The molecule has 0 heterocycles. The van der Waals surface area contributed by atoms with Crippen LogP contribution in [0.1, 0.15) is 25.7 Å². The molecule has 3 amide bonds. The van der Waals surface area contributed by atoms with Crippen LogP contribution < -0.4 is 10.6 Å². The molecule has 3 N–H and O–H groups in total. The standard InChI is InChI=1S/C10H16N2O6/c1-18-9(15)5-3-2-4-7(13)11-6-8(14)12-10(16)17/h2-6H2,1H3,(H,11,13)(H,12,14)(H,16,17). The number of hydrogen-bond donors (Lipinski definition) is 3. The maximum absolute atomic E-state index is 11.2. The lowest BCUT2D eigenvalue weighted by atomic mass is 10.2. The van der Waals surface area contributed by atoms with Gasteiger partial charge in [0.25, 0.3) is 0 Å². The van der Waals surface area contributed by atoms with E-state index < -0.39 is 12.0 Å². The number of unbranched alkanes of at least 4 members (excludes halogenated alkanes) is 1. The van der Waals surface area contributed by atoms with Gasteiger partial charge in [-0.2, -0.15) is 0 Å². The number of carboxylic acid groups (broad SMARTS) is 1. The Bertz CT molecular complexity index is 328. The molecular formula is C10H16N2O6. The number of nitrogens with one attached hydrogen (secondary N) is 2. The zero-order chi connectivity index (χ0) is 14.0. The van der Waals surface area contributed by atoms with Crippen LogP contribution in [0.15, 0.2) is 0 Å². The van der Waals surface area contributed by atoms with Crippen molar-refractivity contribution in [2.24, 2.45) is 0 Å². The molecular weight excluding hydrogens is 244 g/mol. The van der Waals surface area contributed by atoms with Gasteiger partial charge in [-0.1, -0.05) is 0 Å². The second kappa shape index (κ2) is 8.97. The number of methoxy groups -OCH3 is 1. The normalized spacial score (nSPS) is 9.39. The first-order valence-electron chi connectivity index (χ1n) is 5.32. The van der Waals surface area contributed by atoms with Crippen molar-refractivity contribution in [1.29, 1.82) is 0 Å². The lowest BCUT2D eigenvalue weighted by Gasteiger charge is -2.04. The average molecular weight is 260 g/mol. The molecule has 8 heteroatoms. The van der Waals surface area contributed by atoms with Gasteiger partial charge in [0.1, 0.15) is 0 Å². The van der Waals surface area contributed by atoms with Crippen molar-refractivity contribution in [2.75, 3.05) is 13.7 Å². The van der Waals surface area contributed by atoms with Gasteiger partial charge in [-0.25, -0.2) is 4.79 Å². The summed E-state index contributed by atoms with van der Waals surface area (Å²) in [6.07, 6.45) is -0.0592. The van der Waals surface area contributed by atoms with E-state index in [1.54, 1.807) is 5.32 Å². The average Bonchev–Trinajstić information content (AvgIpc) is 2.30. The van der Waals surface area contributed by atoms with Gasteiger partial charge >= 0.3 is 12.1 Å². The molecule has 0 aromatic rings. The second-order valence-corrected chi connectivity index (χ2v) is 3.41. The first kappa shape index (κ1) is 15.9. The number of imide groups is 1. The Labute approximate surface area is 104 Å². The van der Waals surface area contributed by atoms with Gasteiger partial charge in [-0.3, -0.25) is 19.7 Å². The Morgan fingerprint density at radius 2 is 1.67 bits per heavy atom. The lowest BCUT2D eigenvalue weighted by molar-refractivity contribution is -0.140. The van der Waals surface area contributed by atoms with Crippen molar-refractivity contribution in [1.82, 2.24) is 10.6 Å². The highest BCUT2D eigenvalue weighted by Crippen LogP contribution is 2.00. The summed E-state index contributed by atoms with van der Waals surface area (Å²) in [4.78, 5) is 42.9. The number of hydrogen-bond acceptors (Lipinski definition) is 5. The molecule has 0 aromatic carbocycles. The number of rotatable bonds is 7. The molecule has 102 valence electrons. The van der Waals surface area contributed by atoms with Gasteiger partial charge in [-0.05, 0) is 12.8 Å². The van der Waals surface area contributed by atoms with Crippen LogP contribution in [0.25, 0.3) is 0 Å². The van der Waals surface area contributed by atoms with Crippen LogP contribution in [0.5, 0.6) is 0 Å². The molecule has 0 aromatic heterocycles. The van der Waals surface area contributed by atoms with Crippen LogP contribution >= 0.6 is 0 Å². The molecule has 18 heavy (non-hydrogen) atoms. The van der Waals surface area contributed by atoms with E-state index >= 15 is 0 Å². The van der Waals surface area contributed by atoms with Crippen LogP contribution in [0.3, 0.4) is 0 Å². The minimum absolute atomic E-state index is 0.164. The molecule has 0 unspecified atom stereocenters. The minimum atomic E-state index is -1.47. The van der Waals surface area contributed by atoms with Crippen molar-refractivity contribution in [3.05, 3.63) is 0 Å². The highest BCUT2D eigenvalue weighted by atomic mass is 16.5. The third-order valence-electron chi connectivity index (χ3n) is 1.95. The quantitative estimate of drug-likeness (QED) is 0.424. The maximum Gasteiger partial charge on any atom is 0.411 e. The summed E-state index contributed by atoms with van der Waals surface area (Å²) in [5, 5.41) is 12.1. The van der Waals surface area contributed by atoms with E-state index in [9.17, 15) is 19.2 Å². The van der Waals surface area contributed by atoms with E-state index in [2.05, 4.69) is 10.1 Å². The van der Waals surface area contributed by atoms with Crippen LogP contribution in [-0.2, 0) is 19.1 Å². The summed E-state index contributed by atoms with van der Waals surface area (Å²) in [5.74, 6) is -1.51. The Morgan fingerprint density at radius 3 is 2.22 bits per heavy atom. The smallest absolute Gasteiger partial charge is 0.411 e. The summed E-state index contributed by atoms with van der Waals surface area (Å²) in [6, 6.07) is 0. The van der Waals surface area contributed by atoms with Gasteiger partial charge < -0.3 is 15.2 Å². The Hall–Kier alpha value is -2.12. The fraction of sp³-hybridized carbons (Fsp3) is 0.600. The fourth-order valence-corrected chi connectivity index (χ4v) is 1.09. The van der Waals surface area contributed by atoms with E-state index in [0.717, 1.165) is 0 Å². The third kappa shape index (κ3) is 9.13. The summed E-state index contributed by atoms with van der Waals surface area (Å²) in [6.45, 7) is -0.387. The van der Waals surface area contributed by atoms with Crippen molar-refractivity contribution >= 4 is 23.9 Å². The van der Waals surface area contributed by atoms with Crippen molar-refractivity contribution in [2.45, 2.75) is 25.7 Å². The van der Waals surface area contributed by atoms with E-state index in [0.29, 0.717) is 12.8 Å². The predicted octanol–water partition coefficient (Wildman–Crippen LogP) is -0.370. The van der Waals surface area contributed by atoms with E-state index in [-0.39, 0.29) is 31.3 Å². The van der Waals surface area contributed by atoms with Crippen molar-refractivity contribution < 1.29 is 29.0 Å². The molecule has 0 aliphatic rings. The SMILES string of the molecule is COC(=O)CCCCC(=O)NCC(=O)NC(=O)O. The number of amides is 3. The molecule has 0 aliphatic heterocycles. The molecule has 0 saturated heterocycles. The Kier molecular flexibility index (Phi) is 7.91. The maximum atomic E-state index is 11.2. The number of carbonyl (C=O) groups is 4. The van der Waals surface area contributed by atoms with Crippen LogP contribution in [0.2, 0.25) is 0 Å². The van der Waals surface area contributed by atoms with Crippen molar-refractivity contribution in [3.63, 3.8) is 0 Å². The second-order valence-electron chi connectivity index (χ2n) is 3.41. The molecule has 0 bridgehead atoms. The molecule has 0 rings (SSSR count). The summed E-state index contributed by atoms with van der Waals surface area (Å²) < 4.78 is 4.43. The Morgan fingerprint density at radius 1 is 1.06 bits per heavy atom. The molecule has 0 spiro atoms. The highest BCUT2D eigenvalue weighted by Gasteiger charge is 2.08. The van der Waals surface area contributed by atoms with Gasteiger partial charge in [0.15, 0.2) is 0 Å². The first-order chi connectivity index (χ1) is 8.45.